The van der Waals surface area contributed by atoms with Gasteiger partial charge < -0.3 is 0 Å². The Labute approximate surface area is 171 Å². The Bertz CT molecular complexity index is 1090. The number of hydrogen-bond acceptors (Lipinski definition) is 0. The Morgan fingerprint density at radius 2 is 1.42 bits per heavy atom. The van der Waals surface area contributed by atoms with Crippen molar-refractivity contribution in [3.63, 3.8) is 0 Å². The lowest BCUT2D eigenvalue weighted by Crippen LogP contribution is -2.27. The summed E-state index contributed by atoms with van der Waals surface area (Å²) in [5, 5.41) is 0. The summed E-state index contributed by atoms with van der Waals surface area (Å²) in [6, 6.07) is 27.0. The Hall–Kier alpha value is -2.13. The van der Waals surface area contributed by atoms with E-state index in [1.807, 2.05) is 0 Å². The third-order valence-corrected chi connectivity index (χ3v) is 6.17. The topological polar surface area (TPSA) is 0 Å². The van der Waals surface area contributed by atoms with E-state index in [9.17, 15) is 0 Å². The van der Waals surface area contributed by atoms with Gasteiger partial charge in [-0.25, -0.2) is 0 Å². The fraction of sp³-hybridized carbons (Fsp3) is 0.120. The Balaban J connectivity index is 0.00000150. The monoisotopic (exact) mass is 446 g/mol. The molecule has 3 aliphatic rings. The molecule has 0 saturated heterocycles. The van der Waals surface area contributed by atoms with E-state index in [2.05, 4.69) is 84.9 Å². The zero-order valence-corrected chi connectivity index (χ0v) is 16.7. The number of allylic oxidation sites excluding steroid dienone is 4. The SMILES string of the molecule is C1=CC2=C(CC1)c1cccc3c1C2(c1ccccc1)c1ccccc1-3.I. The largest absolute Gasteiger partial charge is 0.107 e. The van der Waals surface area contributed by atoms with Gasteiger partial charge in [0.2, 0.25) is 0 Å². The predicted molar refractivity (Wildman–Crippen MR) is 119 cm³/mol. The van der Waals surface area contributed by atoms with Gasteiger partial charge in [0.15, 0.2) is 0 Å². The van der Waals surface area contributed by atoms with Gasteiger partial charge in [0.1, 0.15) is 0 Å². The average molecular weight is 446 g/mol. The molecule has 126 valence electrons. The molecule has 0 nitrogen and oxygen atoms in total. The Morgan fingerprint density at radius 3 is 2.31 bits per heavy atom. The third-order valence-electron chi connectivity index (χ3n) is 6.17. The molecule has 0 aliphatic heterocycles. The van der Waals surface area contributed by atoms with Crippen LogP contribution in [-0.2, 0) is 5.41 Å². The number of benzene rings is 3. The van der Waals surface area contributed by atoms with Gasteiger partial charge in [-0.05, 0) is 57.4 Å². The van der Waals surface area contributed by atoms with Crippen molar-refractivity contribution in [2.45, 2.75) is 18.3 Å². The van der Waals surface area contributed by atoms with Crippen LogP contribution in [0, 0.1) is 0 Å². The van der Waals surface area contributed by atoms with Crippen LogP contribution in [0.1, 0.15) is 35.1 Å². The molecule has 3 aromatic rings. The Kier molecular flexibility index (Phi) is 3.51. The molecule has 6 rings (SSSR count). The zero-order chi connectivity index (χ0) is 16.4. The van der Waals surface area contributed by atoms with Crippen LogP contribution in [0.2, 0.25) is 0 Å². The van der Waals surface area contributed by atoms with Gasteiger partial charge in [-0.15, -0.1) is 24.0 Å². The van der Waals surface area contributed by atoms with Crippen LogP contribution in [0.15, 0.2) is 90.5 Å². The summed E-state index contributed by atoms with van der Waals surface area (Å²) in [6.45, 7) is 0. The molecule has 3 aliphatic carbocycles. The van der Waals surface area contributed by atoms with E-state index in [1.54, 1.807) is 5.57 Å². The molecule has 1 atom stereocenters. The summed E-state index contributed by atoms with van der Waals surface area (Å²) in [5.41, 5.74) is 11.6. The highest BCUT2D eigenvalue weighted by Crippen LogP contribution is 2.64. The summed E-state index contributed by atoms with van der Waals surface area (Å²) >= 11 is 0. The molecular weight excluding hydrogens is 427 g/mol. The molecule has 1 unspecified atom stereocenters. The zero-order valence-electron chi connectivity index (χ0n) is 14.4. The van der Waals surface area contributed by atoms with E-state index in [-0.39, 0.29) is 29.4 Å². The highest BCUT2D eigenvalue weighted by atomic mass is 127. The first-order valence-electron chi connectivity index (χ1n) is 9.12. The van der Waals surface area contributed by atoms with Crippen molar-refractivity contribution in [3.8, 4) is 11.1 Å². The van der Waals surface area contributed by atoms with Crippen molar-refractivity contribution in [2.24, 2.45) is 0 Å². The maximum atomic E-state index is 2.40. The summed E-state index contributed by atoms with van der Waals surface area (Å²) in [6.07, 6.45) is 7.06. The Morgan fingerprint density at radius 1 is 0.692 bits per heavy atom. The lowest BCUT2D eigenvalue weighted by molar-refractivity contribution is 0.779. The molecule has 1 heteroatoms. The summed E-state index contributed by atoms with van der Waals surface area (Å²) in [5.74, 6) is 0. The molecule has 0 fully saturated rings. The van der Waals surface area contributed by atoms with Crippen LogP contribution in [0.5, 0.6) is 0 Å². The molecule has 3 aromatic carbocycles. The second kappa shape index (κ2) is 5.68. The number of halogens is 1. The molecule has 0 amide bonds. The molecule has 0 spiro atoms. The van der Waals surface area contributed by atoms with Crippen LogP contribution in [-0.4, -0.2) is 0 Å². The van der Waals surface area contributed by atoms with E-state index in [0.29, 0.717) is 0 Å². The van der Waals surface area contributed by atoms with Gasteiger partial charge in [0.25, 0.3) is 0 Å². The minimum Gasteiger partial charge on any atom is -0.107 e. The summed E-state index contributed by atoms with van der Waals surface area (Å²) in [4.78, 5) is 0. The van der Waals surface area contributed by atoms with Crippen molar-refractivity contribution in [2.75, 3.05) is 0 Å². The van der Waals surface area contributed by atoms with E-state index in [4.69, 9.17) is 0 Å². The lowest BCUT2D eigenvalue weighted by Gasteiger charge is -2.32. The van der Waals surface area contributed by atoms with Crippen molar-refractivity contribution >= 4 is 29.5 Å². The maximum absolute atomic E-state index is 2.40. The molecule has 0 aromatic heterocycles. The minimum absolute atomic E-state index is 0. The minimum atomic E-state index is -0.129. The van der Waals surface area contributed by atoms with Gasteiger partial charge in [-0.1, -0.05) is 84.9 Å². The highest BCUT2D eigenvalue weighted by molar-refractivity contribution is 14.0. The summed E-state index contributed by atoms with van der Waals surface area (Å²) in [7, 11) is 0. The van der Waals surface area contributed by atoms with Crippen LogP contribution in [0.3, 0.4) is 0 Å². The molecule has 26 heavy (non-hydrogen) atoms. The molecule has 0 heterocycles. The van der Waals surface area contributed by atoms with Gasteiger partial charge in [0, 0.05) is 0 Å². The first-order chi connectivity index (χ1) is 12.4. The number of fused-ring (bicyclic) bond motifs is 5. The van der Waals surface area contributed by atoms with Crippen LogP contribution < -0.4 is 0 Å². The normalized spacial score (nSPS) is 21.1. The molecule has 0 saturated carbocycles. The van der Waals surface area contributed by atoms with Crippen molar-refractivity contribution in [1.29, 1.82) is 0 Å². The second-order valence-corrected chi connectivity index (χ2v) is 7.22. The smallest absolute Gasteiger partial charge is 0.0722 e. The lowest BCUT2D eigenvalue weighted by atomic mass is 9.69. The van der Waals surface area contributed by atoms with Gasteiger partial charge in [-0.3, -0.25) is 0 Å². The molecular formula is C25H19I. The van der Waals surface area contributed by atoms with Crippen LogP contribution in [0.25, 0.3) is 16.7 Å². The first-order valence-corrected chi connectivity index (χ1v) is 9.12. The molecule has 0 bridgehead atoms. The van der Waals surface area contributed by atoms with E-state index >= 15 is 0 Å². The fourth-order valence-corrected chi connectivity index (χ4v) is 5.33. The van der Waals surface area contributed by atoms with Crippen LogP contribution >= 0.6 is 24.0 Å². The molecule has 0 N–H and O–H groups in total. The van der Waals surface area contributed by atoms with Crippen molar-refractivity contribution < 1.29 is 0 Å². The van der Waals surface area contributed by atoms with Gasteiger partial charge in [0.05, 0.1) is 5.41 Å². The quantitative estimate of drug-likeness (QED) is 0.364. The third kappa shape index (κ3) is 1.75. The predicted octanol–water partition coefficient (Wildman–Crippen LogP) is 6.74. The number of hydrogen-bond donors (Lipinski definition) is 0. The average Bonchev–Trinajstić information content (AvgIpc) is 3.17. The second-order valence-electron chi connectivity index (χ2n) is 7.22. The standard InChI is InChI=1S/C25H18.HI/c1-2-9-17(10-3-1)25-22-15-6-4-11-18(22)20-13-8-14-21(24(20)25)19-12-5-7-16-23(19)25;/h1-4,6-11,13-16H,5,12H2;1H. The van der Waals surface area contributed by atoms with E-state index in [0.717, 1.165) is 12.8 Å². The molecule has 0 radical (unpaired) electrons. The van der Waals surface area contributed by atoms with Gasteiger partial charge in [-0.2, -0.15) is 0 Å². The van der Waals surface area contributed by atoms with Gasteiger partial charge >= 0.3 is 0 Å². The highest BCUT2D eigenvalue weighted by Gasteiger charge is 2.52. The van der Waals surface area contributed by atoms with E-state index in [1.165, 1.54) is 39.0 Å². The van der Waals surface area contributed by atoms with Crippen molar-refractivity contribution in [1.82, 2.24) is 0 Å². The fourth-order valence-electron chi connectivity index (χ4n) is 5.33. The number of rotatable bonds is 1. The first kappa shape index (κ1) is 16.1. The van der Waals surface area contributed by atoms with E-state index < -0.39 is 0 Å². The van der Waals surface area contributed by atoms with Crippen molar-refractivity contribution in [3.05, 3.63) is 113 Å². The maximum Gasteiger partial charge on any atom is 0.0722 e. The summed E-state index contributed by atoms with van der Waals surface area (Å²) < 4.78 is 0. The van der Waals surface area contributed by atoms with Crippen LogP contribution in [0.4, 0.5) is 0 Å².